The molecule has 0 saturated carbocycles. The van der Waals surface area contributed by atoms with Gasteiger partial charge in [0.2, 0.25) is 5.91 Å². The Morgan fingerprint density at radius 1 is 1.32 bits per heavy atom. The lowest BCUT2D eigenvalue weighted by Gasteiger charge is -2.32. The van der Waals surface area contributed by atoms with Gasteiger partial charge in [-0.25, -0.2) is 9.97 Å². The molecule has 1 aromatic heterocycles. The molecule has 1 aliphatic heterocycles. The van der Waals surface area contributed by atoms with E-state index in [1.54, 1.807) is 13.3 Å². The predicted octanol–water partition coefficient (Wildman–Crippen LogP) is 1.99. The zero-order chi connectivity index (χ0) is 22.4. The van der Waals surface area contributed by atoms with E-state index in [4.69, 9.17) is 4.74 Å². The van der Waals surface area contributed by atoms with Crippen molar-refractivity contribution in [2.24, 2.45) is 0 Å². The van der Waals surface area contributed by atoms with E-state index in [2.05, 4.69) is 15.3 Å². The second-order valence-electron chi connectivity index (χ2n) is 8.18. The third-order valence-electron chi connectivity index (χ3n) is 5.42. The van der Waals surface area contributed by atoms with Crippen molar-refractivity contribution in [3.05, 3.63) is 53.1 Å². The third kappa shape index (κ3) is 6.01. The number of likely N-dealkylation sites (tertiary alicyclic amines) is 1. The summed E-state index contributed by atoms with van der Waals surface area (Å²) in [6.07, 6.45) is 3.46. The Balaban J connectivity index is 1.63. The molecule has 0 aliphatic carbocycles. The molecule has 31 heavy (non-hydrogen) atoms. The molecule has 3 rings (SSSR count). The van der Waals surface area contributed by atoms with Crippen LogP contribution in [0.5, 0.6) is 5.75 Å². The lowest BCUT2D eigenvalue weighted by molar-refractivity contribution is -0.133. The first-order chi connectivity index (χ1) is 14.9. The Morgan fingerprint density at radius 2 is 2.13 bits per heavy atom. The van der Waals surface area contributed by atoms with Gasteiger partial charge in [-0.3, -0.25) is 9.59 Å². The summed E-state index contributed by atoms with van der Waals surface area (Å²) in [5.41, 5.74) is 2.06. The molecule has 2 heterocycles. The van der Waals surface area contributed by atoms with Crippen LogP contribution in [0.15, 0.2) is 30.5 Å². The number of hydrogen-bond acceptors (Lipinski definition) is 6. The van der Waals surface area contributed by atoms with E-state index in [0.717, 1.165) is 30.7 Å². The van der Waals surface area contributed by atoms with Crippen LogP contribution in [0.1, 0.15) is 46.2 Å². The fourth-order valence-corrected chi connectivity index (χ4v) is 3.75. The van der Waals surface area contributed by atoms with Crippen molar-refractivity contribution in [1.29, 1.82) is 0 Å². The predicted molar refractivity (Wildman–Crippen MR) is 118 cm³/mol. The van der Waals surface area contributed by atoms with E-state index >= 15 is 0 Å². The van der Waals surface area contributed by atoms with Gasteiger partial charge < -0.3 is 19.9 Å². The number of ether oxygens (including phenoxy) is 1. The van der Waals surface area contributed by atoms with Crippen LogP contribution in [0.25, 0.3) is 0 Å². The van der Waals surface area contributed by atoms with Crippen LogP contribution in [-0.4, -0.2) is 72.4 Å². The molecule has 1 saturated heterocycles. The normalized spacial score (nSPS) is 16.3. The Hall–Kier alpha value is -3.00. The number of carbonyl (C=O) groups is 2. The van der Waals surface area contributed by atoms with Gasteiger partial charge in [0.05, 0.1) is 24.9 Å². The molecule has 2 amide bonds. The molecule has 0 unspecified atom stereocenters. The maximum absolute atomic E-state index is 12.6. The average Bonchev–Trinajstić information content (AvgIpc) is 2.77. The first-order valence-electron chi connectivity index (χ1n) is 10.5. The van der Waals surface area contributed by atoms with E-state index in [1.807, 2.05) is 55.1 Å². The minimum absolute atomic E-state index is 0.0902. The number of benzene rings is 1. The Kier molecular flexibility index (Phi) is 7.57. The molecule has 8 heteroatoms. The van der Waals surface area contributed by atoms with E-state index in [9.17, 15) is 9.59 Å². The average molecular weight is 426 g/mol. The maximum atomic E-state index is 12.6. The summed E-state index contributed by atoms with van der Waals surface area (Å²) in [6.45, 7) is 4.01. The van der Waals surface area contributed by atoms with Crippen molar-refractivity contribution in [3.63, 3.8) is 0 Å². The van der Waals surface area contributed by atoms with E-state index < -0.39 is 0 Å². The summed E-state index contributed by atoms with van der Waals surface area (Å²) in [7, 11) is 5.40. The number of piperidine rings is 1. The Labute approximate surface area is 183 Å². The number of aryl methyl sites for hydroxylation is 1. The Bertz CT molecular complexity index is 931. The number of likely N-dealkylation sites (N-methyl/N-ethyl adjacent to an activating group) is 1. The molecular formula is C23H31N5O3. The van der Waals surface area contributed by atoms with Crippen LogP contribution in [0.4, 0.5) is 0 Å². The number of amides is 2. The zero-order valence-electron chi connectivity index (χ0n) is 18.7. The Morgan fingerprint density at radius 3 is 2.84 bits per heavy atom. The van der Waals surface area contributed by atoms with Gasteiger partial charge in [-0.05, 0) is 51.6 Å². The standard InChI is InChI=1S/C23H31N5O3/c1-16-20(23(30)25-12-17-7-5-9-19(11-17)31-4)13-24-22(26-16)18-8-6-10-28(14-18)21(29)15-27(2)3/h5,7,9,11,13,18H,6,8,10,12,14-15H2,1-4H3,(H,25,30)/t18-/m0/s1. The molecule has 1 atom stereocenters. The fourth-order valence-electron chi connectivity index (χ4n) is 3.75. The number of nitrogens with zero attached hydrogens (tertiary/aromatic N) is 4. The molecule has 0 radical (unpaired) electrons. The summed E-state index contributed by atoms with van der Waals surface area (Å²) < 4.78 is 5.22. The highest BCUT2D eigenvalue weighted by molar-refractivity contribution is 5.94. The summed E-state index contributed by atoms with van der Waals surface area (Å²) in [6, 6.07) is 7.57. The molecule has 1 fully saturated rings. The molecule has 0 spiro atoms. The van der Waals surface area contributed by atoms with Gasteiger partial charge in [0, 0.05) is 31.7 Å². The van der Waals surface area contributed by atoms with Gasteiger partial charge >= 0.3 is 0 Å². The molecule has 166 valence electrons. The van der Waals surface area contributed by atoms with Crippen molar-refractivity contribution in [2.45, 2.75) is 32.2 Å². The van der Waals surface area contributed by atoms with Gasteiger partial charge in [-0.2, -0.15) is 0 Å². The molecule has 1 N–H and O–H groups in total. The number of aromatic nitrogens is 2. The SMILES string of the molecule is COc1cccc(CNC(=O)c2cnc([C@H]3CCCN(C(=O)CN(C)C)C3)nc2C)c1. The van der Waals surface area contributed by atoms with Crippen LogP contribution in [0, 0.1) is 6.92 Å². The highest BCUT2D eigenvalue weighted by Crippen LogP contribution is 2.25. The quantitative estimate of drug-likeness (QED) is 0.730. The number of nitrogens with one attached hydrogen (secondary N) is 1. The molecule has 1 aromatic carbocycles. The van der Waals surface area contributed by atoms with Crippen LogP contribution < -0.4 is 10.1 Å². The number of carbonyl (C=O) groups excluding carboxylic acids is 2. The number of rotatable bonds is 7. The number of methoxy groups -OCH3 is 1. The van der Waals surface area contributed by atoms with E-state index in [0.29, 0.717) is 36.7 Å². The summed E-state index contributed by atoms with van der Waals surface area (Å²) in [5.74, 6) is 1.45. The summed E-state index contributed by atoms with van der Waals surface area (Å²) in [4.78, 5) is 37.9. The van der Waals surface area contributed by atoms with Crippen LogP contribution in [0.3, 0.4) is 0 Å². The van der Waals surface area contributed by atoms with Crippen molar-refractivity contribution in [1.82, 2.24) is 25.1 Å². The lowest BCUT2D eigenvalue weighted by atomic mass is 9.96. The first-order valence-corrected chi connectivity index (χ1v) is 10.5. The smallest absolute Gasteiger partial charge is 0.254 e. The van der Waals surface area contributed by atoms with E-state index in [-0.39, 0.29) is 17.7 Å². The monoisotopic (exact) mass is 425 g/mol. The maximum Gasteiger partial charge on any atom is 0.254 e. The molecule has 8 nitrogen and oxygen atoms in total. The van der Waals surface area contributed by atoms with Crippen LogP contribution in [0.2, 0.25) is 0 Å². The van der Waals surface area contributed by atoms with Gasteiger partial charge in [0.1, 0.15) is 11.6 Å². The minimum Gasteiger partial charge on any atom is -0.497 e. The van der Waals surface area contributed by atoms with Gasteiger partial charge in [0.25, 0.3) is 5.91 Å². The van der Waals surface area contributed by atoms with Crippen molar-refractivity contribution >= 4 is 11.8 Å². The fraction of sp³-hybridized carbons (Fsp3) is 0.478. The lowest BCUT2D eigenvalue weighted by Crippen LogP contribution is -2.43. The van der Waals surface area contributed by atoms with Crippen LogP contribution >= 0.6 is 0 Å². The van der Waals surface area contributed by atoms with Gasteiger partial charge in [-0.15, -0.1) is 0 Å². The van der Waals surface area contributed by atoms with Gasteiger partial charge in [-0.1, -0.05) is 12.1 Å². The largest absolute Gasteiger partial charge is 0.497 e. The van der Waals surface area contributed by atoms with Crippen LogP contribution in [-0.2, 0) is 11.3 Å². The van der Waals surface area contributed by atoms with Crippen molar-refractivity contribution in [2.75, 3.05) is 40.8 Å². The van der Waals surface area contributed by atoms with Crippen molar-refractivity contribution < 1.29 is 14.3 Å². The second-order valence-corrected chi connectivity index (χ2v) is 8.18. The van der Waals surface area contributed by atoms with Gasteiger partial charge in [0.15, 0.2) is 0 Å². The highest BCUT2D eigenvalue weighted by atomic mass is 16.5. The minimum atomic E-state index is -0.210. The molecule has 1 aliphatic rings. The second kappa shape index (κ2) is 10.3. The highest BCUT2D eigenvalue weighted by Gasteiger charge is 2.27. The summed E-state index contributed by atoms with van der Waals surface area (Å²) in [5, 5.41) is 2.91. The number of hydrogen-bond donors (Lipinski definition) is 1. The molecule has 0 bridgehead atoms. The first kappa shape index (κ1) is 22.7. The third-order valence-corrected chi connectivity index (χ3v) is 5.42. The zero-order valence-corrected chi connectivity index (χ0v) is 18.7. The van der Waals surface area contributed by atoms with Crippen molar-refractivity contribution in [3.8, 4) is 5.75 Å². The molecule has 2 aromatic rings. The molecular weight excluding hydrogens is 394 g/mol. The van der Waals surface area contributed by atoms with E-state index in [1.165, 1.54) is 0 Å². The topological polar surface area (TPSA) is 87.7 Å². The summed E-state index contributed by atoms with van der Waals surface area (Å²) >= 11 is 0.